The zero-order valence-corrected chi connectivity index (χ0v) is 7.46. The number of hydrogen-bond donors (Lipinski definition) is 2. The van der Waals surface area contributed by atoms with Gasteiger partial charge in [-0.25, -0.2) is 0 Å². The fourth-order valence-electron chi connectivity index (χ4n) is 0.294. The van der Waals surface area contributed by atoms with Crippen molar-refractivity contribution in [2.75, 3.05) is 0 Å². The van der Waals surface area contributed by atoms with E-state index in [9.17, 15) is 4.79 Å². The van der Waals surface area contributed by atoms with Crippen molar-refractivity contribution in [1.29, 1.82) is 0 Å². The largest absolute Gasteiger partial charge is 0.512 e. The first-order valence-corrected chi connectivity index (χ1v) is 3.42. The van der Waals surface area contributed by atoms with Gasteiger partial charge in [0.05, 0.1) is 5.76 Å². The van der Waals surface area contributed by atoms with Gasteiger partial charge in [-0.1, -0.05) is 0 Å². The molecule has 0 amide bonds. The lowest BCUT2D eigenvalue weighted by Gasteiger charge is -1.80. The number of allylic oxidation sites excluding steroid dienone is 2. The Hall–Kier alpha value is -0.830. The van der Waals surface area contributed by atoms with Crippen LogP contribution in [0.1, 0.15) is 27.7 Å². The lowest BCUT2D eigenvalue weighted by Crippen LogP contribution is -1.85. The molecular weight excluding hydrogens is 144 g/mol. The van der Waals surface area contributed by atoms with E-state index in [4.69, 9.17) is 10.2 Å². The number of carbonyl (C=O) groups is 1. The Balaban J connectivity index is 0. The number of rotatable bonds is 1. The minimum atomic E-state index is -0.167. The molecule has 2 N–H and O–H groups in total. The quantitative estimate of drug-likeness (QED) is 0.450. The molecule has 0 aromatic carbocycles. The molecule has 0 fully saturated rings. The monoisotopic (exact) mass is 160 g/mol. The minimum Gasteiger partial charge on any atom is -0.512 e. The van der Waals surface area contributed by atoms with Crippen LogP contribution >= 0.6 is 0 Å². The molecule has 3 heteroatoms. The van der Waals surface area contributed by atoms with Gasteiger partial charge in [-0.2, -0.15) is 0 Å². The van der Waals surface area contributed by atoms with Gasteiger partial charge in [0, 0.05) is 12.2 Å². The molecule has 0 unspecified atom stereocenters. The highest BCUT2D eigenvalue weighted by Gasteiger charge is 1.82. The normalized spacial score (nSPS) is 10.5. The summed E-state index contributed by atoms with van der Waals surface area (Å²) in [4.78, 5) is 10.0. The van der Waals surface area contributed by atoms with E-state index in [2.05, 4.69) is 0 Å². The molecule has 0 radical (unpaired) electrons. The van der Waals surface area contributed by atoms with Gasteiger partial charge >= 0.3 is 0 Å². The van der Waals surface area contributed by atoms with Crippen LogP contribution in [0.25, 0.3) is 0 Å². The second-order valence-electron chi connectivity index (χ2n) is 2.49. The fraction of sp³-hybridized carbons (Fsp3) is 0.625. The Morgan fingerprint density at radius 1 is 1.36 bits per heavy atom. The Bertz CT molecular complexity index is 130. The molecule has 0 aliphatic rings. The number of carbonyl (C=O) groups excluding carboxylic acids is 1. The van der Waals surface area contributed by atoms with Crippen molar-refractivity contribution in [2.45, 2.75) is 33.8 Å². The molecule has 11 heavy (non-hydrogen) atoms. The summed E-state index contributed by atoms with van der Waals surface area (Å²) in [5.41, 5.74) is 0. The smallest absolute Gasteiger partial charge is 0.155 e. The maximum absolute atomic E-state index is 10.0. The molecule has 0 aliphatic carbocycles. The van der Waals surface area contributed by atoms with Gasteiger partial charge in [0.25, 0.3) is 0 Å². The third-order valence-electron chi connectivity index (χ3n) is 0.412. The van der Waals surface area contributed by atoms with Crippen LogP contribution in [-0.4, -0.2) is 22.1 Å². The fourth-order valence-corrected chi connectivity index (χ4v) is 0.294. The van der Waals surface area contributed by atoms with Crippen LogP contribution < -0.4 is 0 Å². The van der Waals surface area contributed by atoms with E-state index < -0.39 is 0 Å². The molecule has 0 saturated carbocycles. The van der Waals surface area contributed by atoms with Crippen LogP contribution in [-0.2, 0) is 4.79 Å². The molecule has 0 atom stereocenters. The molecule has 66 valence electrons. The maximum atomic E-state index is 10.0. The van der Waals surface area contributed by atoms with Crippen LogP contribution in [0.15, 0.2) is 11.8 Å². The van der Waals surface area contributed by atoms with Crippen molar-refractivity contribution in [2.24, 2.45) is 0 Å². The maximum Gasteiger partial charge on any atom is 0.155 e. The van der Waals surface area contributed by atoms with E-state index in [0.29, 0.717) is 0 Å². The van der Waals surface area contributed by atoms with Gasteiger partial charge in [-0.05, 0) is 27.7 Å². The van der Waals surface area contributed by atoms with Gasteiger partial charge in [0.2, 0.25) is 0 Å². The lowest BCUT2D eigenvalue weighted by atomic mass is 10.4. The van der Waals surface area contributed by atoms with Crippen LogP contribution in [0.5, 0.6) is 0 Å². The molecule has 0 aliphatic heterocycles. The molecule has 0 aromatic rings. The summed E-state index contributed by atoms with van der Waals surface area (Å²) in [6.45, 7) is 6.29. The Labute approximate surface area is 67.4 Å². The predicted octanol–water partition coefficient (Wildman–Crippen LogP) is 1.42. The van der Waals surface area contributed by atoms with Crippen LogP contribution in [0.2, 0.25) is 0 Å². The summed E-state index contributed by atoms with van der Waals surface area (Å²) < 4.78 is 0. The first kappa shape index (κ1) is 12.8. The van der Waals surface area contributed by atoms with E-state index in [0.717, 1.165) is 0 Å². The van der Waals surface area contributed by atoms with Crippen molar-refractivity contribution in [3.8, 4) is 0 Å². The van der Waals surface area contributed by atoms with Gasteiger partial charge in [-0.15, -0.1) is 0 Å². The van der Waals surface area contributed by atoms with Crippen molar-refractivity contribution >= 4 is 5.78 Å². The SMILES string of the molecule is CC(=O)/C=C(/C)O.CC(C)O. The van der Waals surface area contributed by atoms with Crippen LogP contribution in [0.4, 0.5) is 0 Å². The van der Waals surface area contributed by atoms with Crippen LogP contribution in [0.3, 0.4) is 0 Å². The molecule has 3 nitrogen and oxygen atoms in total. The third kappa shape index (κ3) is 46.9. The Kier molecular flexibility index (Phi) is 8.48. The molecule has 0 bridgehead atoms. The summed E-state index contributed by atoms with van der Waals surface area (Å²) in [6, 6.07) is 0. The third-order valence-corrected chi connectivity index (χ3v) is 0.412. The number of hydrogen-bond acceptors (Lipinski definition) is 3. The molecular formula is C8H16O3. The number of aliphatic hydroxyl groups is 2. The second-order valence-corrected chi connectivity index (χ2v) is 2.49. The average molecular weight is 160 g/mol. The van der Waals surface area contributed by atoms with E-state index in [1.54, 1.807) is 13.8 Å². The van der Waals surface area contributed by atoms with E-state index >= 15 is 0 Å². The molecule has 0 spiro atoms. The van der Waals surface area contributed by atoms with Crippen LogP contribution in [0, 0.1) is 0 Å². The van der Waals surface area contributed by atoms with E-state index in [1.165, 1.54) is 19.9 Å². The minimum absolute atomic E-state index is 0.0625. The first-order valence-electron chi connectivity index (χ1n) is 3.42. The van der Waals surface area contributed by atoms with Crippen molar-refractivity contribution in [1.82, 2.24) is 0 Å². The Morgan fingerprint density at radius 3 is 1.64 bits per heavy atom. The number of ketones is 1. The summed E-state index contributed by atoms with van der Waals surface area (Å²) in [5.74, 6) is -0.0625. The highest BCUT2D eigenvalue weighted by molar-refractivity contribution is 5.87. The van der Waals surface area contributed by atoms with Gasteiger partial charge in [0.15, 0.2) is 5.78 Å². The van der Waals surface area contributed by atoms with Crippen molar-refractivity contribution in [3.63, 3.8) is 0 Å². The summed E-state index contributed by atoms with van der Waals surface area (Å²) >= 11 is 0. The lowest BCUT2D eigenvalue weighted by molar-refractivity contribution is -0.112. The van der Waals surface area contributed by atoms with Gasteiger partial charge in [-0.3, -0.25) is 4.79 Å². The molecule has 0 rings (SSSR count). The first-order chi connectivity index (χ1) is 4.86. The average Bonchev–Trinajstić information content (AvgIpc) is 1.56. The van der Waals surface area contributed by atoms with Gasteiger partial charge in [0.1, 0.15) is 0 Å². The summed E-state index contributed by atoms with van der Waals surface area (Å²) in [7, 11) is 0. The molecule has 0 saturated heterocycles. The molecule has 0 aromatic heterocycles. The highest BCUT2D eigenvalue weighted by Crippen LogP contribution is 1.82. The summed E-state index contributed by atoms with van der Waals surface area (Å²) in [5, 5.41) is 16.4. The topological polar surface area (TPSA) is 57.5 Å². The standard InChI is InChI=1S/C5H8O2.C3H8O/c1-4(6)3-5(2)7;1-3(2)4/h3,6H,1-2H3;3-4H,1-2H3/b4-3-;. The van der Waals surface area contributed by atoms with E-state index in [1.807, 2.05) is 0 Å². The molecule has 0 heterocycles. The predicted molar refractivity (Wildman–Crippen MR) is 44.4 cm³/mol. The summed E-state index contributed by atoms with van der Waals surface area (Å²) in [6.07, 6.45) is 1.000. The van der Waals surface area contributed by atoms with Crippen molar-refractivity contribution < 1.29 is 15.0 Å². The zero-order valence-electron chi connectivity index (χ0n) is 7.46. The zero-order chi connectivity index (χ0) is 9.44. The van der Waals surface area contributed by atoms with Gasteiger partial charge < -0.3 is 10.2 Å². The Morgan fingerprint density at radius 2 is 1.64 bits per heavy atom. The highest BCUT2D eigenvalue weighted by atomic mass is 16.3. The van der Waals surface area contributed by atoms with Crippen molar-refractivity contribution in [3.05, 3.63) is 11.8 Å². The number of aliphatic hydroxyl groups excluding tert-OH is 2. The second kappa shape index (κ2) is 7.28. The van der Waals surface area contributed by atoms with E-state index in [-0.39, 0.29) is 17.6 Å².